The molecule has 0 saturated carbocycles. The lowest BCUT2D eigenvalue weighted by Gasteiger charge is -2.06. The maximum atomic E-state index is 12.9. The molecule has 4 rings (SSSR count). The minimum absolute atomic E-state index is 0.142. The average Bonchev–Trinajstić information content (AvgIpc) is 3.26. The third-order valence-electron chi connectivity index (χ3n) is 5.51. The Hall–Kier alpha value is -3.25. The number of carbonyl (C=O) groups excluding carboxylic acids is 1. The number of para-hydroxylation sites is 1. The minimum Gasteiger partial charge on any atom is -0.321 e. The molecular formula is C25H26N4OS. The first kappa shape index (κ1) is 21.0. The van der Waals surface area contributed by atoms with Crippen molar-refractivity contribution >= 4 is 22.9 Å². The summed E-state index contributed by atoms with van der Waals surface area (Å²) >= 11 is 1.37. The summed E-state index contributed by atoms with van der Waals surface area (Å²) in [6.07, 6.45) is 0.822. The Kier molecular flexibility index (Phi) is 5.74. The van der Waals surface area contributed by atoms with E-state index >= 15 is 0 Å². The molecule has 0 aliphatic carbocycles. The third kappa shape index (κ3) is 4.30. The van der Waals surface area contributed by atoms with E-state index in [0.29, 0.717) is 15.7 Å². The third-order valence-corrected chi connectivity index (χ3v) is 6.64. The summed E-state index contributed by atoms with van der Waals surface area (Å²) in [5.74, 6) is -0.142. The Bertz CT molecular complexity index is 1250. The molecule has 6 heteroatoms. The second-order valence-electron chi connectivity index (χ2n) is 7.90. The van der Waals surface area contributed by atoms with Crippen molar-refractivity contribution in [2.75, 3.05) is 5.32 Å². The quantitative estimate of drug-likeness (QED) is 0.441. The highest BCUT2D eigenvalue weighted by molar-refractivity contribution is 7.16. The van der Waals surface area contributed by atoms with Crippen molar-refractivity contribution in [3.8, 4) is 5.13 Å². The van der Waals surface area contributed by atoms with Crippen LogP contribution in [-0.4, -0.2) is 20.7 Å². The Morgan fingerprint density at radius 3 is 2.39 bits per heavy atom. The molecule has 0 saturated heterocycles. The second-order valence-corrected chi connectivity index (χ2v) is 8.88. The van der Waals surface area contributed by atoms with Gasteiger partial charge in [-0.25, -0.2) is 9.67 Å². The van der Waals surface area contributed by atoms with Gasteiger partial charge in [-0.3, -0.25) is 4.79 Å². The average molecular weight is 431 g/mol. The first-order valence-electron chi connectivity index (χ1n) is 10.3. The monoisotopic (exact) mass is 430 g/mol. The maximum absolute atomic E-state index is 12.9. The SMILES string of the molecule is Cc1ccc(Cc2c(C)nn(-c3nc(C)c(C(=O)Nc4ccccc4C)s3)c2C)cc1. The lowest BCUT2D eigenvalue weighted by Crippen LogP contribution is -2.12. The number of carbonyl (C=O) groups is 1. The number of amides is 1. The van der Waals surface area contributed by atoms with Crippen LogP contribution in [0.3, 0.4) is 0 Å². The van der Waals surface area contributed by atoms with E-state index in [1.807, 2.05) is 49.7 Å². The molecule has 0 bridgehead atoms. The van der Waals surface area contributed by atoms with Gasteiger partial charge < -0.3 is 5.32 Å². The first-order chi connectivity index (χ1) is 14.8. The smallest absolute Gasteiger partial charge is 0.267 e. The molecule has 0 fully saturated rings. The number of aromatic nitrogens is 3. The van der Waals surface area contributed by atoms with Gasteiger partial charge in [0.05, 0.1) is 11.4 Å². The number of hydrogen-bond donors (Lipinski definition) is 1. The molecule has 1 amide bonds. The molecule has 1 N–H and O–H groups in total. The molecule has 2 aromatic heterocycles. The number of aryl methyl sites for hydroxylation is 4. The summed E-state index contributed by atoms with van der Waals surface area (Å²) in [6, 6.07) is 16.3. The molecule has 31 heavy (non-hydrogen) atoms. The van der Waals surface area contributed by atoms with Crippen LogP contribution in [-0.2, 0) is 6.42 Å². The first-order valence-corrected chi connectivity index (χ1v) is 11.1. The number of nitrogens with zero attached hydrogens (tertiary/aromatic N) is 3. The predicted molar refractivity (Wildman–Crippen MR) is 127 cm³/mol. The van der Waals surface area contributed by atoms with Crippen LogP contribution < -0.4 is 5.32 Å². The van der Waals surface area contributed by atoms with Gasteiger partial charge in [0.25, 0.3) is 5.91 Å². The lowest BCUT2D eigenvalue weighted by atomic mass is 10.0. The maximum Gasteiger partial charge on any atom is 0.267 e. The van der Waals surface area contributed by atoms with E-state index in [2.05, 4.69) is 48.4 Å². The van der Waals surface area contributed by atoms with E-state index in [0.717, 1.165) is 29.1 Å². The van der Waals surface area contributed by atoms with Crippen LogP contribution in [0.15, 0.2) is 48.5 Å². The molecule has 0 aliphatic rings. The van der Waals surface area contributed by atoms with Crippen LogP contribution in [0.25, 0.3) is 5.13 Å². The van der Waals surface area contributed by atoms with Crippen LogP contribution in [0.1, 0.15) is 49.0 Å². The molecule has 0 radical (unpaired) electrons. The van der Waals surface area contributed by atoms with Crippen molar-refractivity contribution in [2.24, 2.45) is 0 Å². The largest absolute Gasteiger partial charge is 0.321 e. The van der Waals surface area contributed by atoms with Crippen LogP contribution >= 0.6 is 11.3 Å². The molecule has 0 aliphatic heterocycles. The standard InChI is InChI=1S/C25H26N4OS/c1-15-10-12-20(13-11-15)14-21-17(3)28-29(19(21)5)25-26-18(4)23(31-25)24(30)27-22-9-7-6-8-16(22)2/h6-13H,14H2,1-5H3,(H,27,30). The van der Waals surface area contributed by atoms with E-state index in [-0.39, 0.29) is 5.91 Å². The van der Waals surface area contributed by atoms with E-state index in [1.54, 1.807) is 0 Å². The molecule has 0 spiro atoms. The van der Waals surface area contributed by atoms with Gasteiger partial charge in [-0.15, -0.1) is 0 Å². The second kappa shape index (κ2) is 8.47. The molecule has 2 aromatic carbocycles. The number of hydrogen-bond acceptors (Lipinski definition) is 4. The van der Waals surface area contributed by atoms with E-state index < -0.39 is 0 Å². The lowest BCUT2D eigenvalue weighted by molar-refractivity contribution is 0.102. The summed E-state index contributed by atoms with van der Waals surface area (Å²) < 4.78 is 1.86. The highest BCUT2D eigenvalue weighted by Crippen LogP contribution is 2.27. The Morgan fingerprint density at radius 2 is 1.68 bits per heavy atom. The zero-order chi connectivity index (χ0) is 22.1. The van der Waals surface area contributed by atoms with Crippen molar-refractivity contribution in [1.29, 1.82) is 0 Å². The van der Waals surface area contributed by atoms with Gasteiger partial charge >= 0.3 is 0 Å². The van der Waals surface area contributed by atoms with Crippen LogP contribution in [0.5, 0.6) is 0 Å². The number of benzene rings is 2. The van der Waals surface area contributed by atoms with Crippen molar-refractivity contribution < 1.29 is 4.79 Å². The van der Waals surface area contributed by atoms with Crippen molar-refractivity contribution in [3.05, 3.63) is 92.7 Å². The van der Waals surface area contributed by atoms with Crippen LogP contribution in [0, 0.1) is 34.6 Å². The number of anilines is 1. The normalized spacial score (nSPS) is 11.0. The topological polar surface area (TPSA) is 59.8 Å². The minimum atomic E-state index is -0.142. The zero-order valence-electron chi connectivity index (χ0n) is 18.5. The summed E-state index contributed by atoms with van der Waals surface area (Å²) in [5, 5.41) is 8.45. The number of thiazole rings is 1. The Morgan fingerprint density at radius 1 is 0.968 bits per heavy atom. The Balaban J connectivity index is 1.61. The predicted octanol–water partition coefficient (Wildman–Crippen LogP) is 5.71. The molecule has 5 nitrogen and oxygen atoms in total. The van der Waals surface area contributed by atoms with Gasteiger partial charge in [0.2, 0.25) is 5.13 Å². The Labute approximate surface area is 186 Å². The van der Waals surface area contributed by atoms with Gasteiger partial charge in [0, 0.05) is 23.4 Å². The molecule has 158 valence electrons. The van der Waals surface area contributed by atoms with Crippen molar-refractivity contribution in [1.82, 2.24) is 14.8 Å². The summed E-state index contributed by atoms with van der Waals surface area (Å²) in [7, 11) is 0. The summed E-state index contributed by atoms with van der Waals surface area (Å²) in [4.78, 5) is 18.1. The fraction of sp³-hybridized carbons (Fsp3) is 0.240. The number of nitrogens with one attached hydrogen (secondary N) is 1. The molecule has 0 atom stereocenters. The number of rotatable bonds is 5. The highest BCUT2D eigenvalue weighted by Gasteiger charge is 2.20. The molecule has 2 heterocycles. The van der Waals surface area contributed by atoms with Crippen LogP contribution in [0.4, 0.5) is 5.69 Å². The van der Waals surface area contributed by atoms with Gasteiger partial charge in [-0.05, 0) is 51.8 Å². The summed E-state index contributed by atoms with van der Waals surface area (Å²) in [6.45, 7) is 10.0. The van der Waals surface area contributed by atoms with Crippen LogP contribution in [0.2, 0.25) is 0 Å². The van der Waals surface area contributed by atoms with E-state index in [9.17, 15) is 4.79 Å². The summed E-state index contributed by atoms with van der Waals surface area (Å²) in [5.41, 5.74) is 8.29. The van der Waals surface area contributed by atoms with Gasteiger partial charge in [-0.1, -0.05) is 59.4 Å². The highest BCUT2D eigenvalue weighted by atomic mass is 32.1. The molecule has 0 unspecified atom stereocenters. The van der Waals surface area contributed by atoms with Crippen molar-refractivity contribution in [3.63, 3.8) is 0 Å². The van der Waals surface area contributed by atoms with E-state index in [4.69, 9.17) is 5.10 Å². The van der Waals surface area contributed by atoms with Gasteiger partial charge in [-0.2, -0.15) is 5.10 Å². The van der Waals surface area contributed by atoms with Gasteiger partial charge in [0.1, 0.15) is 4.88 Å². The van der Waals surface area contributed by atoms with E-state index in [1.165, 1.54) is 28.0 Å². The fourth-order valence-corrected chi connectivity index (χ4v) is 4.57. The fourth-order valence-electron chi connectivity index (χ4n) is 3.60. The molecular weight excluding hydrogens is 404 g/mol. The van der Waals surface area contributed by atoms with Crippen molar-refractivity contribution in [2.45, 2.75) is 41.0 Å². The van der Waals surface area contributed by atoms with Gasteiger partial charge in [0.15, 0.2) is 0 Å². The molecule has 4 aromatic rings. The zero-order valence-corrected chi connectivity index (χ0v) is 19.3.